The quantitative estimate of drug-likeness (QED) is 0.766. The third kappa shape index (κ3) is 1.92. The lowest BCUT2D eigenvalue weighted by Gasteiger charge is -2.04. The van der Waals surface area contributed by atoms with Crippen molar-refractivity contribution in [3.8, 4) is 11.6 Å². The summed E-state index contributed by atoms with van der Waals surface area (Å²) in [6, 6.07) is 4.86. The monoisotopic (exact) mass is 222 g/mol. The van der Waals surface area contributed by atoms with Gasteiger partial charge in [-0.2, -0.15) is 0 Å². The molecule has 78 valence electrons. The molecule has 1 aromatic heterocycles. The van der Waals surface area contributed by atoms with E-state index in [2.05, 4.69) is 9.97 Å². The molecular formula is C10H10N2O2S. The van der Waals surface area contributed by atoms with Crippen LogP contribution in [0.4, 0.5) is 0 Å². The minimum absolute atomic E-state index is 0.180. The Hall–Kier alpha value is -1.62. The van der Waals surface area contributed by atoms with Gasteiger partial charge in [0.2, 0.25) is 5.88 Å². The molecule has 4 nitrogen and oxygen atoms in total. The van der Waals surface area contributed by atoms with Crippen molar-refractivity contribution in [3.63, 3.8) is 0 Å². The maximum atomic E-state index is 9.28. The molecule has 0 aliphatic heterocycles. The maximum absolute atomic E-state index is 9.28. The molecule has 2 N–H and O–H groups in total. The second-order valence-electron chi connectivity index (χ2n) is 3.01. The predicted octanol–water partition coefficient (Wildman–Crippen LogP) is 2.40. The van der Waals surface area contributed by atoms with Crippen molar-refractivity contribution in [1.29, 1.82) is 0 Å². The zero-order valence-electron chi connectivity index (χ0n) is 8.15. The average Bonchev–Trinajstić information content (AvgIpc) is 2.20. The molecule has 0 unspecified atom stereocenters. The molecule has 0 spiro atoms. The van der Waals surface area contributed by atoms with Crippen LogP contribution >= 0.6 is 12.2 Å². The van der Waals surface area contributed by atoms with Gasteiger partial charge in [0.25, 0.3) is 0 Å². The fourth-order valence-corrected chi connectivity index (χ4v) is 1.51. The van der Waals surface area contributed by atoms with E-state index in [1.54, 1.807) is 18.2 Å². The maximum Gasteiger partial charge on any atom is 0.250 e. The number of nitrogens with zero attached hydrogens (tertiary/aromatic N) is 1. The van der Waals surface area contributed by atoms with E-state index in [0.717, 1.165) is 0 Å². The topological polar surface area (TPSA) is 58.1 Å². The fourth-order valence-electron chi connectivity index (χ4n) is 1.29. The molecule has 1 heterocycles. The van der Waals surface area contributed by atoms with Crippen molar-refractivity contribution in [2.24, 2.45) is 0 Å². The van der Waals surface area contributed by atoms with Gasteiger partial charge in [0.1, 0.15) is 5.75 Å². The zero-order chi connectivity index (χ0) is 10.8. The first-order valence-corrected chi connectivity index (χ1v) is 4.97. The molecule has 0 aliphatic rings. The first-order chi connectivity index (χ1) is 7.20. The molecule has 5 heteroatoms. The van der Waals surface area contributed by atoms with Crippen LogP contribution in [0.25, 0.3) is 11.0 Å². The Labute approximate surface area is 91.5 Å². The van der Waals surface area contributed by atoms with E-state index in [1.807, 2.05) is 6.92 Å². The van der Waals surface area contributed by atoms with Gasteiger partial charge in [-0.25, -0.2) is 4.98 Å². The SMILES string of the molecule is CCOc1nc2ccc(O)cc2[nH]c1=S. The van der Waals surface area contributed by atoms with Crippen molar-refractivity contribution >= 4 is 23.3 Å². The first-order valence-electron chi connectivity index (χ1n) is 4.56. The number of aromatic amines is 1. The van der Waals surface area contributed by atoms with Crippen LogP contribution < -0.4 is 4.74 Å². The molecule has 0 saturated heterocycles. The minimum atomic E-state index is 0.180. The number of aromatic nitrogens is 2. The summed E-state index contributed by atoms with van der Waals surface area (Å²) in [7, 11) is 0. The van der Waals surface area contributed by atoms with Crippen LogP contribution in [0.15, 0.2) is 18.2 Å². The second kappa shape index (κ2) is 3.86. The highest BCUT2D eigenvalue weighted by molar-refractivity contribution is 7.71. The molecule has 0 aliphatic carbocycles. The Balaban J connectivity index is 2.65. The summed E-state index contributed by atoms with van der Waals surface area (Å²) >= 11 is 5.06. The molecule has 2 aromatic rings. The van der Waals surface area contributed by atoms with E-state index in [4.69, 9.17) is 17.0 Å². The number of phenols is 1. The lowest BCUT2D eigenvalue weighted by atomic mass is 10.3. The molecule has 0 atom stereocenters. The van der Waals surface area contributed by atoms with Crippen LogP contribution in [-0.2, 0) is 0 Å². The number of hydrogen-bond donors (Lipinski definition) is 2. The molecule has 0 amide bonds. The van der Waals surface area contributed by atoms with Gasteiger partial charge in [0.05, 0.1) is 17.6 Å². The second-order valence-corrected chi connectivity index (χ2v) is 3.41. The van der Waals surface area contributed by atoms with Gasteiger partial charge < -0.3 is 14.8 Å². The van der Waals surface area contributed by atoms with Crippen molar-refractivity contribution in [1.82, 2.24) is 9.97 Å². The predicted molar refractivity (Wildman–Crippen MR) is 59.8 cm³/mol. The van der Waals surface area contributed by atoms with Gasteiger partial charge in [-0.15, -0.1) is 0 Å². The fraction of sp³-hybridized carbons (Fsp3) is 0.200. The van der Waals surface area contributed by atoms with E-state index >= 15 is 0 Å². The van der Waals surface area contributed by atoms with Crippen molar-refractivity contribution in [3.05, 3.63) is 22.8 Å². The molecule has 1 aromatic carbocycles. The van der Waals surface area contributed by atoms with E-state index in [1.165, 1.54) is 0 Å². The number of fused-ring (bicyclic) bond motifs is 1. The minimum Gasteiger partial charge on any atom is -0.508 e. The van der Waals surface area contributed by atoms with Crippen LogP contribution in [0.3, 0.4) is 0 Å². The van der Waals surface area contributed by atoms with Gasteiger partial charge in [-0.05, 0) is 19.1 Å². The van der Waals surface area contributed by atoms with Crippen molar-refractivity contribution in [2.45, 2.75) is 6.92 Å². The van der Waals surface area contributed by atoms with Crippen LogP contribution in [0, 0.1) is 4.64 Å². The normalized spacial score (nSPS) is 10.5. The Morgan fingerprint density at radius 3 is 3.07 bits per heavy atom. The highest BCUT2D eigenvalue weighted by atomic mass is 32.1. The third-order valence-corrected chi connectivity index (χ3v) is 2.20. The molecular weight excluding hydrogens is 212 g/mol. The first kappa shape index (κ1) is 9.92. The summed E-state index contributed by atoms with van der Waals surface area (Å²) in [4.78, 5) is 7.19. The standard InChI is InChI=1S/C10H10N2O2S/c1-2-14-9-10(15)12-8-5-6(13)3-4-7(8)11-9/h3-5,13H,2H2,1H3,(H,12,15). The van der Waals surface area contributed by atoms with Gasteiger partial charge in [-0.1, -0.05) is 12.2 Å². The summed E-state index contributed by atoms with van der Waals surface area (Å²) in [6.45, 7) is 2.39. The number of ether oxygens (including phenoxy) is 1. The largest absolute Gasteiger partial charge is 0.508 e. The van der Waals surface area contributed by atoms with E-state index < -0.39 is 0 Å². The zero-order valence-corrected chi connectivity index (χ0v) is 8.97. The number of phenolic OH excluding ortho intramolecular Hbond substituents is 1. The smallest absolute Gasteiger partial charge is 0.250 e. The van der Waals surface area contributed by atoms with E-state index in [-0.39, 0.29) is 5.75 Å². The summed E-state index contributed by atoms with van der Waals surface area (Å²) in [5.74, 6) is 0.602. The van der Waals surface area contributed by atoms with Crippen LogP contribution in [0.1, 0.15) is 6.92 Å². The number of benzene rings is 1. The molecule has 0 bridgehead atoms. The highest BCUT2D eigenvalue weighted by Crippen LogP contribution is 2.19. The third-order valence-electron chi connectivity index (χ3n) is 1.93. The van der Waals surface area contributed by atoms with Crippen molar-refractivity contribution < 1.29 is 9.84 Å². The summed E-state index contributed by atoms with van der Waals surface area (Å²) in [6.07, 6.45) is 0. The summed E-state index contributed by atoms with van der Waals surface area (Å²) in [5, 5.41) is 9.28. The number of hydrogen-bond acceptors (Lipinski definition) is 4. The van der Waals surface area contributed by atoms with Gasteiger partial charge in [0.15, 0.2) is 4.64 Å². The Kier molecular flexibility index (Phi) is 2.55. The summed E-state index contributed by atoms with van der Waals surface area (Å²) in [5.41, 5.74) is 1.41. The Bertz CT molecular complexity index is 551. The van der Waals surface area contributed by atoms with Gasteiger partial charge in [0, 0.05) is 6.07 Å². The van der Waals surface area contributed by atoms with Crippen molar-refractivity contribution in [2.75, 3.05) is 6.61 Å². The average molecular weight is 222 g/mol. The Morgan fingerprint density at radius 1 is 1.53 bits per heavy atom. The lowest BCUT2D eigenvalue weighted by molar-refractivity contribution is 0.325. The number of aromatic hydroxyl groups is 1. The Morgan fingerprint density at radius 2 is 2.33 bits per heavy atom. The van der Waals surface area contributed by atoms with Gasteiger partial charge >= 0.3 is 0 Å². The van der Waals surface area contributed by atoms with Crippen LogP contribution in [0.5, 0.6) is 11.6 Å². The molecule has 0 radical (unpaired) electrons. The van der Waals surface area contributed by atoms with Gasteiger partial charge in [-0.3, -0.25) is 0 Å². The molecule has 0 saturated carbocycles. The molecule has 15 heavy (non-hydrogen) atoms. The van der Waals surface area contributed by atoms with E-state index in [9.17, 15) is 5.11 Å². The summed E-state index contributed by atoms with van der Waals surface area (Å²) < 4.78 is 5.71. The highest BCUT2D eigenvalue weighted by Gasteiger charge is 2.02. The molecule has 0 fully saturated rings. The number of rotatable bonds is 2. The van der Waals surface area contributed by atoms with Crippen LogP contribution in [0.2, 0.25) is 0 Å². The lowest BCUT2D eigenvalue weighted by Crippen LogP contribution is -1.97. The molecule has 2 rings (SSSR count). The van der Waals surface area contributed by atoms with E-state index in [0.29, 0.717) is 28.2 Å². The number of nitrogens with one attached hydrogen (secondary N) is 1. The van der Waals surface area contributed by atoms with Crippen LogP contribution in [-0.4, -0.2) is 21.7 Å². The number of H-pyrrole nitrogens is 1.